The Labute approximate surface area is 111 Å². The van der Waals surface area contributed by atoms with Crippen molar-refractivity contribution in [3.05, 3.63) is 32.8 Å². The number of rotatable bonds is 2. The van der Waals surface area contributed by atoms with Crippen LogP contribution in [-0.4, -0.2) is 11.1 Å². The predicted molar refractivity (Wildman–Crippen MR) is 62.3 cm³/mol. The van der Waals surface area contributed by atoms with E-state index in [1.807, 2.05) is 0 Å². The average molecular weight is 380 g/mol. The lowest BCUT2D eigenvalue weighted by atomic mass is 10.1. The van der Waals surface area contributed by atoms with E-state index in [1.165, 1.54) is 0 Å². The predicted octanol–water partition coefficient (Wildman–Crippen LogP) is 4.70. The van der Waals surface area contributed by atoms with Crippen LogP contribution in [0.15, 0.2) is 16.6 Å². The van der Waals surface area contributed by atoms with Gasteiger partial charge in [-0.1, -0.05) is 27.5 Å². The van der Waals surface area contributed by atoms with E-state index < -0.39 is 11.7 Å². The summed E-state index contributed by atoms with van der Waals surface area (Å²) in [6, 6.07) is 1.57. The summed E-state index contributed by atoms with van der Waals surface area (Å²) >= 11 is 11.5. The van der Waals surface area contributed by atoms with Crippen molar-refractivity contribution in [1.29, 1.82) is 0 Å². The molecule has 7 heteroatoms. The fraction of sp³-hybridized carbons (Fsp3) is 0.222. The van der Waals surface area contributed by atoms with Gasteiger partial charge in [-0.05, 0) is 28.1 Å². The molecule has 0 radical (unpaired) electrons. The summed E-state index contributed by atoms with van der Waals surface area (Å²) in [5.74, 6) is -0.384. The van der Waals surface area contributed by atoms with E-state index in [0.29, 0.717) is 0 Å². The molecule has 0 aliphatic carbocycles. The highest BCUT2D eigenvalue weighted by Crippen LogP contribution is 2.36. The van der Waals surface area contributed by atoms with Gasteiger partial charge < -0.3 is 0 Å². The first-order chi connectivity index (χ1) is 7.27. The van der Waals surface area contributed by atoms with Gasteiger partial charge in [0.15, 0.2) is 5.78 Å². The summed E-state index contributed by atoms with van der Waals surface area (Å²) in [7, 11) is 0. The minimum absolute atomic E-state index is 0.00329. The maximum atomic E-state index is 12.4. The van der Waals surface area contributed by atoms with Gasteiger partial charge in [0.25, 0.3) is 0 Å². The summed E-state index contributed by atoms with van der Waals surface area (Å²) < 4.78 is 37.2. The lowest BCUT2D eigenvalue weighted by Gasteiger charge is -2.10. The van der Waals surface area contributed by atoms with Crippen molar-refractivity contribution in [2.45, 2.75) is 6.18 Å². The van der Waals surface area contributed by atoms with Gasteiger partial charge in [-0.15, -0.1) is 0 Å². The van der Waals surface area contributed by atoms with Crippen LogP contribution >= 0.6 is 43.5 Å². The molecule has 0 saturated carbocycles. The molecule has 0 unspecified atom stereocenters. The van der Waals surface area contributed by atoms with Crippen LogP contribution in [0, 0.1) is 0 Å². The Morgan fingerprint density at radius 3 is 2.31 bits per heavy atom. The molecule has 0 atom stereocenters. The zero-order valence-electron chi connectivity index (χ0n) is 7.54. The van der Waals surface area contributed by atoms with E-state index in [2.05, 4.69) is 31.9 Å². The zero-order chi connectivity index (χ0) is 12.5. The molecule has 88 valence electrons. The Morgan fingerprint density at radius 1 is 1.38 bits per heavy atom. The molecule has 0 aliphatic heterocycles. The monoisotopic (exact) mass is 378 g/mol. The fourth-order valence-corrected chi connectivity index (χ4v) is 2.47. The summed E-state index contributed by atoms with van der Waals surface area (Å²) in [5.41, 5.74) is -0.845. The number of carbonyl (C=O) groups is 1. The third kappa shape index (κ3) is 2.99. The minimum atomic E-state index is -4.48. The molecule has 1 aromatic rings. The Morgan fingerprint density at radius 2 is 1.94 bits per heavy atom. The van der Waals surface area contributed by atoms with Gasteiger partial charge in [-0.25, -0.2) is 0 Å². The lowest BCUT2D eigenvalue weighted by molar-refractivity contribution is -0.137. The van der Waals surface area contributed by atoms with Crippen LogP contribution in [0.25, 0.3) is 0 Å². The first-order valence-corrected chi connectivity index (χ1v) is 6.22. The van der Waals surface area contributed by atoms with E-state index in [4.69, 9.17) is 11.6 Å². The highest BCUT2D eigenvalue weighted by molar-refractivity contribution is 9.10. The van der Waals surface area contributed by atoms with Crippen molar-refractivity contribution in [1.82, 2.24) is 0 Å². The highest BCUT2D eigenvalue weighted by atomic mass is 79.9. The molecule has 0 aromatic heterocycles. The quantitative estimate of drug-likeness (QED) is 0.537. The van der Waals surface area contributed by atoms with Gasteiger partial charge in [0, 0.05) is 4.47 Å². The first kappa shape index (κ1) is 14.0. The number of hydrogen-bond donors (Lipinski definition) is 0. The Hall–Kier alpha value is -0.0700. The van der Waals surface area contributed by atoms with Crippen LogP contribution in [0.1, 0.15) is 15.9 Å². The van der Waals surface area contributed by atoms with Gasteiger partial charge in [0.05, 0.1) is 21.5 Å². The molecule has 0 bridgehead atoms. The van der Waals surface area contributed by atoms with E-state index >= 15 is 0 Å². The SMILES string of the molecule is O=C(CBr)c1c(Cl)cc(C(F)(F)F)cc1Br. The van der Waals surface area contributed by atoms with E-state index in [9.17, 15) is 18.0 Å². The van der Waals surface area contributed by atoms with Crippen LogP contribution in [0.3, 0.4) is 0 Å². The smallest absolute Gasteiger partial charge is 0.293 e. The molecule has 1 nitrogen and oxygen atoms in total. The van der Waals surface area contributed by atoms with Crippen molar-refractivity contribution in [3.63, 3.8) is 0 Å². The van der Waals surface area contributed by atoms with Crippen LogP contribution in [-0.2, 0) is 6.18 Å². The lowest BCUT2D eigenvalue weighted by Crippen LogP contribution is -2.08. The number of carbonyl (C=O) groups excluding carboxylic acids is 1. The highest BCUT2D eigenvalue weighted by Gasteiger charge is 2.32. The average Bonchev–Trinajstić information content (AvgIpc) is 2.14. The van der Waals surface area contributed by atoms with Gasteiger partial charge in [-0.2, -0.15) is 13.2 Å². The van der Waals surface area contributed by atoms with Crippen LogP contribution in [0.2, 0.25) is 5.02 Å². The number of halogens is 6. The minimum Gasteiger partial charge on any atom is -0.293 e. The number of benzene rings is 1. The van der Waals surface area contributed by atoms with Crippen molar-refractivity contribution < 1.29 is 18.0 Å². The molecule has 0 aliphatic rings. The number of alkyl halides is 4. The third-order valence-corrected chi connectivity index (χ3v) is 3.20. The van der Waals surface area contributed by atoms with Crippen LogP contribution in [0.5, 0.6) is 0 Å². The molecule has 16 heavy (non-hydrogen) atoms. The molecule has 0 saturated heterocycles. The second-order valence-electron chi connectivity index (χ2n) is 2.87. The number of hydrogen-bond acceptors (Lipinski definition) is 1. The van der Waals surface area contributed by atoms with Crippen molar-refractivity contribution in [2.24, 2.45) is 0 Å². The molecular formula is C9H4Br2ClF3O. The van der Waals surface area contributed by atoms with Crippen LogP contribution < -0.4 is 0 Å². The van der Waals surface area contributed by atoms with Crippen molar-refractivity contribution in [2.75, 3.05) is 5.33 Å². The van der Waals surface area contributed by atoms with Gasteiger partial charge in [-0.3, -0.25) is 4.79 Å². The zero-order valence-corrected chi connectivity index (χ0v) is 11.5. The van der Waals surface area contributed by atoms with Gasteiger partial charge in [0.1, 0.15) is 0 Å². The topological polar surface area (TPSA) is 17.1 Å². The molecular weight excluding hydrogens is 376 g/mol. The molecule has 1 aromatic carbocycles. The van der Waals surface area contributed by atoms with E-state index in [-0.39, 0.29) is 26.2 Å². The maximum absolute atomic E-state index is 12.4. The van der Waals surface area contributed by atoms with E-state index in [1.54, 1.807) is 0 Å². The number of Topliss-reactive ketones (excluding diaryl/α,β-unsaturated/α-hetero) is 1. The molecule has 0 spiro atoms. The van der Waals surface area contributed by atoms with Crippen molar-refractivity contribution >= 4 is 49.2 Å². The normalized spacial score (nSPS) is 11.6. The molecule has 0 N–H and O–H groups in total. The second kappa shape index (κ2) is 5.06. The maximum Gasteiger partial charge on any atom is 0.416 e. The van der Waals surface area contributed by atoms with Crippen molar-refractivity contribution in [3.8, 4) is 0 Å². The standard InChI is InChI=1S/C9H4Br2ClF3O/c10-3-7(16)8-5(11)1-4(2-6(8)12)9(13,14)15/h1-2H,3H2. The van der Waals surface area contributed by atoms with Gasteiger partial charge >= 0.3 is 6.18 Å². The Kier molecular flexibility index (Phi) is 4.42. The molecule has 1 rings (SSSR count). The number of ketones is 1. The third-order valence-electron chi connectivity index (χ3n) is 1.77. The second-order valence-corrected chi connectivity index (χ2v) is 4.69. The fourth-order valence-electron chi connectivity index (χ4n) is 1.07. The van der Waals surface area contributed by atoms with E-state index in [0.717, 1.165) is 12.1 Å². The summed E-state index contributed by atoms with van der Waals surface area (Å²) in [5, 5.41) is -0.220. The summed E-state index contributed by atoms with van der Waals surface area (Å²) in [6.07, 6.45) is -4.48. The molecule has 0 fully saturated rings. The Bertz CT molecular complexity index is 408. The summed E-state index contributed by atoms with van der Waals surface area (Å²) in [4.78, 5) is 11.4. The summed E-state index contributed by atoms with van der Waals surface area (Å²) in [6.45, 7) is 0. The molecule has 0 heterocycles. The Balaban J connectivity index is 3.34. The van der Waals surface area contributed by atoms with Crippen LogP contribution in [0.4, 0.5) is 13.2 Å². The first-order valence-electron chi connectivity index (χ1n) is 3.92. The largest absolute Gasteiger partial charge is 0.416 e. The molecule has 0 amide bonds. The van der Waals surface area contributed by atoms with Gasteiger partial charge in [0.2, 0.25) is 0 Å².